The molecule has 1 aliphatic carbocycles. The summed E-state index contributed by atoms with van der Waals surface area (Å²) < 4.78 is 12.8. The summed E-state index contributed by atoms with van der Waals surface area (Å²) in [6, 6.07) is 17.5. The average Bonchev–Trinajstić information content (AvgIpc) is 3.31. The lowest BCUT2D eigenvalue weighted by molar-refractivity contribution is -0.146. The van der Waals surface area contributed by atoms with Crippen LogP contribution in [0.25, 0.3) is 22.3 Å². The highest BCUT2D eigenvalue weighted by atomic mass is 16.5. The summed E-state index contributed by atoms with van der Waals surface area (Å²) in [5, 5.41) is 5.67. The Balaban J connectivity index is 0.00000141. The highest BCUT2D eigenvalue weighted by Gasteiger charge is 2.30. The van der Waals surface area contributed by atoms with E-state index in [1.54, 1.807) is 0 Å². The lowest BCUT2D eigenvalue weighted by atomic mass is 9.86. The number of para-hydroxylation sites is 1. The first-order chi connectivity index (χ1) is 17.1. The molecule has 4 aromatic rings. The van der Waals surface area contributed by atoms with Crippen LogP contribution in [0.4, 0.5) is 5.82 Å². The molecule has 8 nitrogen and oxygen atoms in total. The molecule has 1 fully saturated rings. The van der Waals surface area contributed by atoms with Crippen molar-refractivity contribution in [3.8, 4) is 22.8 Å². The number of carbonyl (C=O) groups excluding carboxylic acids is 1. The van der Waals surface area contributed by atoms with E-state index in [2.05, 4.69) is 9.97 Å². The first kappa shape index (κ1) is 24.2. The number of nitrogen functional groups attached to an aromatic ring is 1. The van der Waals surface area contributed by atoms with Crippen LogP contribution in [0.2, 0.25) is 0 Å². The minimum absolute atomic E-state index is 0.0515. The van der Waals surface area contributed by atoms with Gasteiger partial charge in [-0.1, -0.05) is 32.0 Å². The Morgan fingerprint density at radius 1 is 0.943 bits per heavy atom. The predicted octanol–water partition coefficient (Wildman–Crippen LogP) is 5.80. The number of fused-ring (bicyclic) bond motifs is 1. The Bertz CT molecular complexity index is 1260. The normalized spacial score (nSPS) is 17.3. The van der Waals surface area contributed by atoms with Crippen molar-refractivity contribution in [1.29, 1.82) is 0 Å². The van der Waals surface area contributed by atoms with Crippen LogP contribution in [0.15, 0.2) is 60.9 Å². The van der Waals surface area contributed by atoms with Gasteiger partial charge in [0, 0.05) is 5.56 Å². The fourth-order valence-electron chi connectivity index (χ4n) is 4.48. The zero-order valence-electron chi connectivity index (χ0n) is 20.3. The summed E-state index contributed by atoms with van der Waals surface area (Å²) in [6.07, 6.45) is 4.64. The number of methoxy groups -OCH3 is 1. The summed E-state index contributed by atoms with van der Waals surface area (Å²) in [6.45, 7) is 4.00. The van der Waals surface area contributed by atoms with Gasteiger partial charge < -0.3 is 15.2 Å². The quantitative estimate of drug-likeness (QED) is 0.365. The maximum Gasteiger partial charge on any atom is 0.308 e. The molecule has 1 saturated carbocycles. The monoisotopic (exact) mass is 473 g/mol. The Kier molecular flexibility index (Phi) is 7.60. The molecule has 0 atom stereocenters. The smallest absolute Gasteiger partial charge is 0.308 e. The summed E-state index contributed by atoms with van der Waals surface area (Å²) in [5.41, 5.74) is 8.62. The van der Waals surface area contributed by atoms with E-state index in [9.17, 15) is 4.79 Å². The van der Waals surface area contributed by atoms with Crippen molar-refractivity contribution in [2.24, 2.45) is 5.92 Å². The van der Waals surface area contributed by atoms with Crippen molar-refractivity contribution in [3.05, 3.63) is 60.9 Å². The van der Waals surface area contributed by atoms with Crippen molar-refractivity contribution in [2.75, 3.05) is 12.8 Å². The van der Waals surface area contributed by atoms with Gasteiger partial charge in [-0.15, -0.1) is 0 Å². The number of rotatable bonds is 5. The highest BCUT2D eigenvalue weighted by molar-refractivity contribution is 5.98. The van der Waals surface area contributed by atoms with Crippen molar-refractivity contribution in [3.63, 3.8) is 0 Å². The van der Waals surface area contributed by atoms with Crippen molar-refractivity contribution < 1.29 is 14.3 Å². The second-order valence-corrected chi connectivity index (χ2v) is 8.22. The van der Waals surface area contributed by atoms with Gasteiger partial charge >= 0.3 is 5.97 Å². The third-order valence-corrected chi connectivity index (χ3v) is 6.20. The van der Waals surface area contributed by atoms with Gasteiger partial charge in [0.25, 0.3) is 0 Å². The maximum absolute atomic E-state index is 11.9. The number of anilines is 1. The molecule has 8 heteroatoms. The van der Waals surface area contributed by atoms with Crippen LogP contribution in [-0.4, -0.2) is 32.8 Å². The number of hydrogen-bond donors (Lipinski definition) is 1. The number of benzene rings is 2. The molecule has 1 aliphatic rings. The number of nitrogens with two attached hydrogens (primary N) is 1. The zero-order valence-corrected chi connectivity index (χ0v) is 20.3. The molecule has 35 heavy (non-hydrogen) atoms. The predicted molar refractivity (Wildman–Crippen MR) is 136 cm³/mol. The van der Waals surface area contributed by atoms with Gasteiger partial charge in [-0.3, -0.25) is 4.79 Å². The van der Waals surface area contributed by atoms with E-state index >= 15 is 0 Å². The van der Waals surface area contributed by atoms with Crippen LogP contribution >= 0.6 is 0 Å². The van der Waals surface area contributed by atoms with Crippen molar-refractivity contribution in [2.45, 2.75) is 45.6 Å². The molecule has 182 valence electrons. The molecular weight excluding hydrogens is 442 g/mol. The largest absolute Gasteiger partial charge is 0.469 e. The first-order valence-electron chi connectivity index (χ1n) is 12.0. The number of hydrogen-bond acceptors (Lipinski definition) is 7. The van der Waals surface area contributed by atoms with Gasteiger partial charge in [-0.05, 0) is 62.1 Å². The van der Waals surface area contributed by atoms with Crippen LogP contribution in [0.1, 0.15) is 45.6 Å². The Morgan fingerprint density at radius 3 is 2.26 bits per heavy atom. The van der Waals surface area contributed by atoms with E-state index in [0.29, 0.717) is 11.5 Å². The van der Waals surface area contributed by atoms with E-state index in [1.807, 2.05) is 73.1 Å². The molecule has 0 bridgehead atoms. The fraction of sp³-hybridized carbons (Fsp3) is 0.333. The zero-order chi connectivity index (χ0) is 24.8. The van der Waals surface area contributed by atoms with Crippen molar-refractivity contribution >= 4 is 22.8 Å². The third-order valence-electron chi connectivity index (χ3n) is 6.20. The van der Waals surface area contributed by atoms with Gasteiger partial charge in [-0.25, -0.2) is 14.6 Å². The summed E-state index contributed by atoms with van der Waals surface area (Å²) in [5.74, 6) is 1.72. The molecular formula is C27H31N5O3. The van der Waals surface area contributed by atoms with Crippen LogP contribution < -0.4 is 10.5 Å². The average molecular weight is 474 g/mol. The van der Waals surface area contributed by atoms with Gasteiger partial charge in [-0.2, -0.15) is 5.10 Å². The molecule has 5 rings (SSSR count). The fourth-order valence-corrected chi connectivity index (χ4v) is 4.48. The van der Waals surface area contributed by atoms with Crippen LogP contribution in [0.5, 0.6) is 11.5 Å². The van der Waals surface area contributed by atoms with Gasteiger partial charge in [0.2, 0.25) is 0 Å². The molecule has 0 spiro atoms. The molecule has 0 saturated heterocycles. The van der Waals surface area contributed by atoms with Crippen LogP contribution in [0.3, 0.4) is 0 Å². The molecule has 0 amide bonds. The summed E-state index contributed by atoms with van der Waals surface area (Å²) in [7, 11) is 1.44. The lowest BCUT2D eigenvalue weighted by Gasteiger charge is -2.27. The highest BCUT2D eigenvalue weighted by Crippen LogP contribution is 2.38. The number of nitrogens with zero attached hydrogens (tertiary/aromatic N) is 4. The number of carbonyl (C=O) groups is 1. The standard InChI is InChI=1S/C25H25N5O3.C2H6/c1-32-25(31)17-7-11-18(12-8-17)30-24-21(23(26)27-15-28-24)22(29-30)16-9-13-20(14-10-16)33-19-5-3-2-4-6-19;1-2/h2-6,9-10,13-15,17-18H,7-8,11-12H2,1H3,(H2,26,27,28);1-2H3. The SMILES string of the molecule is CC.COC(=O)C1CCC(n2nc(-c3ccc(Oc4ccccc4)cc3)c3c(N)ncnc32)CC1. The Morgan fingerprint density at radius 2 is 1.60 bits per heavy atom. The van der Waals surface area contributed by atoms with Gasteiger partial charge in [0.15, 0.2) is 5.65 Å². The van der Waals surface area contributed by atoms with E-state index in [0.717, 1.165) is 53.8 Å². The third kappa shape index (κ3) is 5.11. The van der Waals surface area contributed by atoms with Gasteiger partial charge in [0.1, 0.15) is 29.3 Å². The van der Waals surface area contributed by atoms with Gasteiger partial charge in [0.05, 0.1) is 24.5 Å². The first-order valence-corrected chi connectivity index (χ1v) is 12.0. The number of ether oxygens (including phenoxy) is 2. The molecule has 2 aromatic carbocycles. The van der Waals surface area contributed by atoms with Crippen molar-refractivity contribution in [1.82, 2.24) is 19.7 Å². The Labute approximate surface area is 205 Å². The minimum Gasteiger partial charge on any atom is -0.469 e. The van der Waals surface area contributed by atoms with E-state index < -0.39 is 0 Å². The van der Waals surface area contributed by atoms with E-state index in [-0.39, 0.29) is 17.9 Å². The van der Waals surface area contributed by atoms with E-state index in [1.165, 1.54) is 13.4 Å². The topological polar surface area (TPSA) is 105 Å². The second kappa shape index (κ2) is 11.0. The minimum atomic E-state index is -0.135. The lowest BCUT2D eigenvalue weighted by Crippen LogP contribution is -2.25. The second-order valence-electron chi connectivity index (χ2n) is 8.22. The van der Waals surface area contributed by atoms with Crippen LogP contribution in [-0.2, 0) is 9.53 Å². The maximum atomic E-state index is 11.9. The number of aromatic nitrogens is 4. The molecule has 0 aliphatic heterocycles. The molecule has 2 aromatic heterocycles. The molecule has 0 radical (unpaired) electrons. The summed E-state index contributed by atoms with van der Waals surface area (Å²) in [4.78, 5) is 20.6. The number of esters is 1. The molecule has 2 heterocycles. The molecule has 2 N–H and O–H groups in total. The van der Waals surface area contributed by atoms with Crippen LogP contribution in [0, 0.1) is 5.92 Å². The molecule has 0 unspecified atom stereocenters. The Hall–Kier alpha value is -3.94. The van der Waals surface area contributed by atoms with E-state index in [4.69, 9.17) is 20.3 Å². The summed E-state index contributed by atoms with van der Waals surface area (Å²) >= 11 is 0.